The van der Waals surface area contributed by atoms with Gasteiger partial charge in [0, 0.05) is 13.1 Å². The van der Waals surface area contributed by atoms with Crippen LogP contribution in [0, 0.1) is 29.6 Å². The SMILES string of the molecule is CC1CCN(C(=O)c2cc(N3C(=O)[C@@H]4[C@H]5CC[C@@H](C5)[C@H]4C3=O)ccc2Cl)CC1. The van der Waals surface area contributed by atoms with Gasteiger partial charge in [-0.05, 0) is 68.1 Å². The van der Waals surface area contributed by atoms with Crippen LogP contribution in [-0.4, -0.2) is 35.7 Å². The van der Waals surface area contributed by atoms with Crippen molar-refractivity contribution >= 4 is 35.0 Å². The van der Waals surface area contributed by atoms with Gasteiger partial charge in [-0.25, -0.2) is 0 Å². The number of carbonyl (C=O) groups excluding carboxylic acids is 3. The maximum absolute atomic E-state index is 13.1. The van der Waals surface area contributed by atoms with Crippen molar-refractivity contribution in [3.8, 4) is 0 Å². The lowest BCUT2D eigenvalue weighted by Gasteiger charge is -2.30. The number of imide groups is 1. The number of anilines is 1. The second-order valence-electron chi connectivity index (χ2n) is 9.04. The lowest BCUT2D eigenvalue weighted by atomic mass is 9.81. The zero-order chi connectivity index (χ0) is 19.6. The molecule has 5 rings (SSSR count). The van der Waals surface area contributed by atoms with Crippen molar-refractivity contribution in [3.63, 3.8) is 0 Å². The van der Waals surface area contributed by atoms with E-state index in [1.165, 1.54) is 4.90 Å². The zero-order valence-corrected chi connectivity index (χ0v) is 16.8. The van der Waals surface area contributed by atoms with Gasteiger partial charge in [0.05, 0.1) is 28.1 Å². The molecule has 0 aromatic heterocycles. The van der Waals surface area contributed by atoms with Crippen LogP contribution in [0.3, 0.4) is 0 Å². The van der Waals surface area contributed by atoms with Crippen molar-refractivity contribution in [1.82, 2.24) is 4.90 Å². The van der Waals surface area contributed by atoms with E-state index in [4.69, 9.17) is 11.6 Å². The summed E-state index contributed by atoms with van der Waals surface area (Å²) in [6.45, 7) is 3.63. The minimum atomic E-state index is -0.162. The summed E-state index contributed by atoms with van der Waals surface area (Å²) in [5.41, 5.74) is 0.872. The van der Waals surface area contributed by atoms with E-state index in [0.29, 0.717) is 34.0 Å². The van der Waals surface area contributed by atoms with E-state index in [9.17, 15) is 14.4 Å². The predicted molar refractivity (Wildman–Crippen MR) is 106 cm³/mol. The van der Waals surface area contributed by atoms with Crippen molar-refractivity contribution in [2.45, 2.75) is 39.0 Å². The molecule has 5 nitrogen and oxygen atoms in total. The molecule has 0 unspecified atom stereocenters. The average Bonchev–Trinajstić information content (AvgIpc) is 3.37. The lowest BCUT2D eigenvalue weighted by Crippen LogP contribution is -2.38. The maximum Gasteiger partial charge on any atom is 0.255 e. The molecule has 2 bridgehead atoms. The number of likely N-dealkylation sites (tertiary alicyclic amines) is 1. The Balaban J connectivity index is 1.44. The molecule has 1 aromatic carbocycles. The number of piperidine rings is 1. The highest BCUT2D eigenvalue weighted by Crippen LogP contribution is 2.56. The van der Waals surface area contributed by atoms with Gasteiger partial charge in [-0.2, -0.15) is 0 Å². The van der Waals surface area contributed by atoms with Crippen molar-refractivity contribution < 1.29 is 14.4 Å². The molecule has 4 aliphatic rings. The molecule has 2 saturated heterocycles. The number of hydrogen-bond acceptors (Lipinski definition) is 3. The van der Waals surface area contributed by atoms with Gasteiger partial charge in [0.2, 0.25) is 11.8 Å². The molecular formula is C22H25ClN2O3. The summed E-state index contributed by atoms with van der Waals surface area (Å²) in [7, 11) is 0. The molecule has 2 aliphatic heterocycles. The van der Waals surface area contributed by atoms with Crippen molar-refractivity contribution in [3.05, 3.63) is 28.8 Å². The summed E-state index contributed by atoms with van der Waals surface area (Å²) < 4.78 is 0. The molecule has 148 valence electrons. The Labute approximate surface area is 170 Å². The number of carbonyl (C=O) groups is 3. The summed E-state index contributed by atoms with van der Waals surface area (Å²) in [6, 6.07) is 4.97. The van der Waals surface area contributed by atoms with Crippen LogP contribution in [0.4, 0.5) is 5.69 Å². The largest absolute Gasteiger partial charge is 0.339 e. The van der Waals surface area contributed by atoms with E-state index in [0.717, 1.165) is 45.2 Å². The third-order valence-electron chi connectivity index (χ3n) is 7.44. The first-order valence-corrected chi connectivity index (χ1v) is 10.8. The van der Waals surface area contributed by atoms with Crippen molar-refractivity contribution in [2.24, 2.45) is 29.6 Å². The van der Waals surface area contributed by atoms with E-state index in [1.54, 1.807) is 18.2 Å². The van der Waals surface area contributed by atoms with Crippen LogP contribution >= 0.6 is 11.6 Å². The van der Waals surface area contributed by atoms with E-state index >= 15 is 0 Å². The van der Waals surface area contributed by atoms with Gasteiger partial charge < -0.3 is 4.90 Å². The molecule has 2 heterocycles. The Hall–Kier alpha value is -1.88. The molecule has 1 aromatic rings. The summed E-state index contributed by atoms with van der Waals surface area (Å²) in [5.74, 6) is 0.706. The van der Waals surface area contributed by atoms with Crippen LogP contribution in [0.2, 0.25) is 5.02 Å². The number of benzene rings is 1. The van der Waals surface area contributed by atoms with Crippen molar-refractivity contribution in [1.29, 1.82) is 0 Å². The summed E-state index contributed by atoms with van der Waals surface area (Å²) in [4.78, 5) is 42.3. The Bertz CT molecular complexity index is 833. The first-order valence-electron chi connectivity index (χ1n) is 10.4. The molecule has 0 spiro atoms. The highest BCUT2D eigenvalue weighted by atomic mass is 35.5. The fourth-order valence-electron chi connectivity index (χ4n) is 5.86. The molecule has 3 amide bonds. The number of fused-ring (bicyclic) bond motifs is 5. The number of amides is 3. The van der Waals surface area contributed by atoms with Gasteiger partial charge in [0.15, 0.2) is 0 Å². The van der Waals surface area contributed by atoms with Gasteiger partial charge in [-0.1, -0.05) is 18.5 Å². The smallest absolute Gasteiger partial charge is 0.255 e. The van der Waals surface area contributed by atoms with Gasteiger partial charge in [0.25, 0.3) is 5.91 Å². The zero-order valence-electron chi connectivity index (χ0n) is 16.1. The normalized spacial score (nSPS) is 32.4. The van der Waals surface area contributed by atoms with Crippen LogP contribution in [0.1, 0.15) is 49.4 Å². The number of hydrogen-bond donors (Lipinski definition) is 0. The Morgan fingerprint density at radius 1 is 1.00 bits per heavy atom. The maximum atomic E-state index is 13.1. The molecule has 0 radical (unpaired) electrons. The van der Waals surface area contributed by atoms with Crippen molar-refractivity contribution in [2.75, 3.05) is 18.0 Å². The Morgan fingerprint density at radius 3 is 2.21 bits per heavy atom. The van der Waals surface area contributed by atoms with Crippen LogP contribution < -0.4 is 4.90 Å². The second kappa shape index (κ2) is 6.58. The van der Waals surface area contributed by atoms with Gasteiger partial charge in [0.1, 0.15) is 0 Å². The third-order valence-corrected chi connectivity index (χ3v) is 7.77. The van der Waals surface area contributed by atoms with E-state index in [1.807, 2.05) is 4.90 Å². The molecule has 4 atom stereocenters. The highest BCUT2D eigenvalue weighted by Gasteiger charge is 2.61. The Kier molecular flexibility index (Phi) is 4.27. The van der Waals surface area contributed by atoms with Gasteiger partial charge in [-0.15, -0.1) is 0 Å². The second-order valence-corrected chi connectivity index (χ2v) is 9.44. The van der Waals surface area contributed by atoms with Crippen LogP contribution in [0.25, 0.3) is 0 Å². The van der Waals surface area contributed by atoms with Crippen LogP contribution in [0.15, 0.2) is 18.2 Å². The molecule has 0 N–H and O–H groups in total. The molecule has 28 heavy (non-hydrogen) atoms. The van der Waals surface area contributed by atoms with Gasteiger partial charge in [-0.3, -0.25) is 19.3 Å². The highest BCUT2D eigenvalue weighted by molar-refractivity contribution is 6.34. The standard InChI is InChI=1S/C22H25ClN2O3/c1-12-6-8-24(9-7-12)20(26)16-11-15(4-5-17(16)23)25-21(27)18-13-2-3-14(10-13)19(18)22(25)28/h4-5,11-14,18-19H,2-3,6-10H2,1H3/t13-,14-,18+,19+/m0/s1. The fourth-order valence-corrected chi connectivity index (χ4v) is 6.06. The van der Waals surface area contributed by atoms with E-state index < -0.39 is 0 Å². The van der Waals surface area contributed by atoms with Gasteiger partial charge >= 0.3 is 0 Å². The minimum Gasteiger partial charge on any atom is -0.339 e. The first kappa shape index (κ1) is 18.2. The van der Waals surface area contributed by atoms with E-state index in [2.05, 4.69) is 6.92 Å². The average molecular weight is 401 g/mol. The number of rotatable bonds is 2. The topological polar surface area (TPSA) is 57.7 Å². The summed E-state index contributed by atoms with van der Waals surface area (Å²) in [5, 5.41) is 0.367. The third kappa shape index (κ3) is 2.62. The minimum absolute atomic E-state index is 0.0882. The summed E-state index contributed by atoms with van der Waals surface area (Å²) >= 11 is 6.33. The quantitative estimate of drug-likeness (QED) is 0.710. The first-order chi connectivity index (χ1) is 13.5. The molecule has 2 saturated carbocycles. The number of nitrogens with zero attached hydrogens (tertiary/aromatic N) is 2. The lowest BCUT2D eigenvalue weighted by molar-refractivity contribution is -0.123. The Morgan fingerprint density at radius 2 is 1.61 bits per heavy atom. The van der Waals surface area contributed by atoms with Crippen LogP contribution in [0.5, 0.6) is 0 Å². The molecule has 6 heteroatoms. The molecular weight excluding hydrogens is 376 g/mol. The monoisotopic (exact) mass is 400 g/mol. The fraction of sp³-hybridized carbons (Fsp3) is 0.591. The van der Waals surface area contributed by atoms with Crippen LogP contribution in [-0.2, 0) is 9.59 Å². The number of halogens is 1. The van der Waals surface area contributed by atoms with E-state index in [-0.39, 0.29) is 29.6 Å². The predicted octanol–water partition coefficient (Wildman–Crippen LogP) is 3.75. The molecule has 4 fully saturated rings. The summed E-state index contributed by atoms with van der Waals surface area (Å²) in [6.07, 6.45) is 5.09. The molecule has 2 aliphatic carbocycles.